The van der Waals surface area contributed by atoms with Gasteiger partial charge in [0.2, 0.25) is 10.0 Å². The lowest BCUT2D eigenvalue weighted by atomic mass is 9.87. The van der Waals surface area contributed by atoms with Gasteiger partial charge in [0.05, 0.1) is 17.0 Å². The van der Waals surface area contributed by atoms with E-state index in [1.54, 1.807) is 36.4 Å². The zero-order valence-electron chi connectivity index (χ0n) is 16.2. The second kappa shape index (κ2) is 7.78. The molecule has 1 heterocycles. The summed E-state index contributed by atoms with van der Waals surface area (Å²) in [5.74, 6) is -0.409. The lowest BCUT2D eigenvalue weighted by Crippen LogP contribution is -2.44. The van der Waals surface area contributed by atoms with Gasteiger partial charge in [0.1, 0.15) is 5.82 Å². The Hall–Kier alpha value is -2.41. The monoisotopic (exact) mass is 416 g/mol. The number of nitrogens with one attached hydrogen (secondary N) is 1. The fourth-order valence-corrected chi connectivity index (χ4v) is 6.04. The van der Waals surface area contributed by atoms with Gasteiger partial charge in [0.15, 0.2) is 0 Å². The summed E-state index contributed by atoms with van der Waals surface area (Å²) in [6.45, 7) is 0.437. The van der Waals surface area contributed by atoms with Crippen LogP contribution >= 0.6 is 0 Å². The van der Waals surface area contributed by atoms with Crippen LogP contribution in [-0.4, -0.2) is 26.6 Å². The first kappa shape index (κ1) is 19.9. The Morgan fingerprint density at radius 3 is 2.41 bits per heavy atom. The van der Waals surface area contributed by atoms with Crippen LogP contribution < -0.4 is 9.62 Å². The first-order valence-corrected chi connectivity index (χ1v) is 11.7. The van der Waals surface area contributed by atoms with E-state index >= 15 is 0 Å². The molecule has 2 aromatic carbocycles. The molecule has 2 fully saturated rings. The van der Waals surface area contributed by atoms with Crippen molar-refractivity contribution in [3.05, 3.63) is 65.5 Å². The van der Waals surface area contributed by atoms with Crippen LogP contribution in [0.1, 0.15) is 54.4 Å². The molecule has 154 valence electrons. The Morgan fingerprint density at radius 1 is 1.00 bits per heavy atom. The van der Waals surface area contributed by atoms with Gasteiger partial charge in [0.25, 0.3) is 5.91 Å². The summed E-state index contributed by atoms with van der Waals surface area (Å²) in [6.07, 6.45) is 5.05. The molecule has 0 aromatic heterocycles. The smallest absolute Gasteiger partial charge is 0.252 e. The summed E-state index contributed by atoms with van der Waals surface area (Å²) in [7, 11) is -3.33. The van der Waals surface area contributed by atoms with Gasteiger partial charge in [-0.2, -0.15) is 0 Å². The number of carbonyl (C=O) groups is 1. The maximum absolute atomic E-state index is 13.4. The van der Waals surface area contributed by atoms with Gasteiger partial charge < -0.3 is 5.32 Å². The fraction of sp³-hybridized carbons (Fsp3) is 0.409. The highest BCUT2D eigenvalue weighted by Gasteiger charge is 2.37. The zero-order chi connectivity index (χ0) is 20.5. The molecule has 0 spiro atoms. The second-order valence-electron chi connectivity index (χ2n) is 7.90. The lowest BCUT2D eigenvalue weighted by molar-refractivity contribution is 0.0898. The Bertz CT molecular complexity index is 999. The van der Waals surface area contributed by atoms with Gasteiger partial charge in [-0.25, -0.2) is 12.8 Å². The molecular formula is C22H25FN2O3S. The SMILES string of the molecule is O=C(NC1(c2ccc(F)cc2)CCCC1)c1cccc(N2CCCCS2(=O)=O)c1. The molecule has 1 aliphatic carbocycles. The average Bonchev–Trinajstić information content (AvgIpc) is 3.18. The number of hydrogen-bond acceptors (Lipinski definition) is 3. The molecule has 29 heavy (non-hydrogen) atoms. The second-order valence-corrected chi connectivity index (χ2v) is 9.91. The molecule has 1 aliphatic heterocycles. The van der Waals surface area contributed by atoms with Crippen molar-refractivity contribution in [1.82, 2.24) is 5.32 Å². The third-order valence-corrected chi connectivity index (χ3v) is 7.82. The standard InChI is InChI=1S/C22H25FN2O3S/c23-19-10-8-18(9-11-19)22(12-1-2-13-22)24-21(26)17-6-5-7-20(16-17)25-14-3-4-15-29(25,27)28/h5-11,16H,1-4,12-15H2,(H,24,26). The van der Waals surface area contributed by atoms with Crippen molar-refractivity contribution in [2.45, 2.75) is 44.1 Å². The number of carbonyl (C=O) groups excluding carboxylic acids is 1. The molecule has 1 amide bonds. The van der Waals surface area contributed by atoms with E-state index in [2.05, 4.69) is 5.32 Å². The Labute approximate surface area is 171 Å². The van der Waals surface area contributed by atoms with Crippen LogP contribution in [0.3, 0.4) is 0 Å². The van der Waals surface area contributed by atoms with Crippen molar-refractivity contribution in [2.75, 3.05) is 16.6 Å². The lowest BCUT2D eigenvalue weighted by Gasteiger charge is -2.32. The van der Waals surface area contributed by atoms with E-state index in [1.807, 2.05) is 0 Å². The third-order valence-electron chi connectivity index (χ3n) is 5.95. The van der Waals surface area contributed by atoms with Crippen LogP contribution in [0.15, 0.2) is 48.5 Å². The largest absolute Gasteiger partial charge is 0.343 e. The van der Waals surface area contributed by atoms with Gasteiger partial charge in [-0.15, -0.1) is 0 Å². The summed E-state index contributed by atoms with van der Waals surface area (Å²) in [5, 5.41) is 3.17. The molecule has 5 nitrogen and oxygen atoms in total. The topological polar surface area (TPSA) is 66.5 Å². The zero-order valence-corrected chi connectivity index (χ0v) is 17.1. The highest BCUT2D eigenvalue weighted by molar-refractivity contribution is 7.92. The van der Waals surface area contributed by atoms with E-state index in [4.69, 9.17) is 0 Å². The number of rotatable bonds is 4. The Morgan fingerprint density at radius 2 is 1.72 bits per heavy atom. The van der Waals surface area contributed by atoms with Crippen LogP contribution in [0.25, 0.3) is 0 Å². The molecule has 1 saturated heterocycles. The van der Waals surface area contributed by atoms with Crippen LogP contribution in [0.4, 0.5) is 10.1 Å². The molecule has 2 aromatic rings. The van der Waals surface area contributed by atoms with E-state index in [9.17, 15) is 17.6 Å². The third kappa shape index (κ3) is 4.01. The fourth-order valence-electron chi connectivity index (χ4n) is 4.40. The quantitative estimate of drug-likeness (QED) is 0.821. The van der Waals surface area contributed by atoms with E-state index in [1.165, 1.54) is 16.4 Å². The first-order valence-electron chi connectivity index (χ1n) is 10.1. The highest BCUT2D eigenvalue weighted by Crippen LogP contribution is 2.39. The average molecular weight is 417 g/mol. The molecule has 0 bridgehead atoms. The molecule has 0 atom stereocenters. The molecular weight excluding hydrogens is 391 g/mol. The molecule has 0 radical (unpaired) electrons. The number of anilines is 1. The highest BCUT2D eigenvalue weighted by atomic mass is 32.2. The van der Waals surface area contributed by atoms with E-state index < -0.39 is 15.6 Å². The molecule has 2 aliphatic rings. The summed E-state index contributed by atoms with van der Waals surface area (Å²) < 4.78 is 39.6. The van der Waals surface area contributed by atoms with Crippen molar-refractivity contribution in [3.8, 4) is 0 Å². The first-order chi connectivity index (χ1) is 13.9. The summed E-state index contributed by atoms with van der Waals surface area (Å²) >= 11 is 0. The number of sulfonamides is 1. The maximum atomic E-state index is 13.4. The number of amides is 1. The molecule has 0 unspecified atom stereocenters. The molecule has 1 N–H and O–H groups in total. The van der Waals surface area contributed by atoms with Crippen molar-refractivity contribution in [1.29, 1.82) is 0 Å². The van der Waals surface area contributed by atoms with Crippen LogP contribution in [0, 0.1) is 5.82 Å². The Kier molecular flexibility index (Phi) is 5.34. The van der Waals surface area contributed by atoms with E-state index in [-0.39, 0.29) is 17.5 Å². The predicted octanol–water partition coefficient (Wildman–Crippen LogP) is 3.96. The number of hydrogen-bond donors (Lipinski definition) is 1. The maximum Gasteiger partial charge on any atom is 0.252 e. The van der Waals surface area contributed by atoms with Gasteiger partial charge in [-0.1, -0.05) is 31.0 Å². The minimum Gasteiger partial charge on any atom is -0.343 e. The van der Waals surface area contributed by atoms with E-state index in [0.29, 0.717) is 24.2 Å². The number of nitrogens with zero attached hydrogens (tertiary/aromatic N) is 1. The van der Waals surface area contributed by atoms with Crippen LogP contribution in [0.2, 0.25) is 0 Å². The summed E-state index contributed by atoms with van der Waals surface area (Å²) in [4.78, 5) is 13.1. The molecule has 4 rings (SSSR count). The van der Waals surface area contributed by atoms with Crippen molar-refractivity contribution in [3.63, 3.8) is 0 Å². The minimum atomic E-state index is -3.33. The summed E-state index contributed by atoms with van der Waals surface area (Å²) in [6, 6.07) is 13.1. The molecule has 7 heteroatoms. The molecule has 1 saturated carbocycles. The van der Waals surface area contributed by atoms with Gasteiger partial charge in [0, 0.05) is 12.1 Å². The van der Waals surface area contributed by atoms with Crippen molar-refractivity contribution >= 4 is 21.6 Å². The minimum absolute atomic E-state index is 0.136. The van der Waals surface area contributed by atoms with Crippen LogP contribution in [0.5, 0.6) is 0 Å². The van der Waals surface area contributed by atoms with Gasteiger partial charge >= 0.3 is 0 Å². The Balaban J connectivity index is 1.60. The van der Waals surface area contributed by atoms with Crippen LogP contribution in [-0.2, 0) is 15.6 Å². The summed E-state index contributed by atoms with van der Waals surface area (Å²) in [5.41, 5.74) is 1.34. The number of benzene rings is 2. The predicted molar refractivity (Wildman–Crippen MR) is 111 cm³/mol. The van der Waals surface area contributed by atoms with E-state index in [0.717, 1.165) is 37.7 Å². The number of halogens is 1. The van der Waals surface area contributed by atoms with Crippen molar-refractivity contribution < 1.29 is 17.6 Å². The van der Waals surface area contributed by atoms with Gasteiger partial charge in [-0.05, 0) is 61.6 Å². The normalized spacial score (nSPS) is 20.4. The van der Waals surface area contributed by atoms with Gasteiger partial charge in [-0.3, -0.25) is 9.10 Å². The van der Waals surface area contributed by atoms with Crippen molar-refractivity contribution in [2.24, 2.45) is 0 Å².